The highest BCUT2D eigenvalue weighted by Gasteiger charge is 2.23. The van der Waals surface area contributed by atoms with E-state index in [9.17, 15) is 9.18 Å². The second kappa shape index (κ2) is 12.3. The van der Waals surface area contributed by atoms with Gasteiger partial charge in [0.2, 0.25) is 5.91 Å². The smallest absolute Gasteiger partial charge is 0.240 e. The third-order valence-corrected chi connectivity index (χ3v) is 8.11. The van der Waals surface area contributed by atoms with E-state index in [-0.39, 0.29) is 17.8 Å². The van der Waals surface area contributed by atoms with Crippen molar-refractivity contribution >= 4 is 45.6 Å². The van der Waals surface area contributed by atoms with Crippen LogP contribution in [0.5, 0.6) is 0 Å². The van der Waals surface area contributed by atoms with Crippen LogP contribution in [0.3, 0.4) is 0 Å². The predicted octanol–water partition coefficient (Wildman–Crippen LogP) is 5.66. The number of rotatable bonds is 9. The Morgan fingerprint density at radius 3 is 2.58 bits per heavy atom. The Morgan fingerprint density at radius 2 is 1.85 bits per heavy atom. The van der Waals surface area contributed by atoms with Crippen LogP contribution in [0.2, 0.25) is 5.02 Å². The van der Waals surface area contributed by atoms with Crippen molar-refractivity contribution in [2.75, 3.05) is 42.6 Å². The van der Waals surface area contributed by atoms with Gasteiger partial charge >= 0.3 is 0 Å². The molecular weight excluding hydrogens is 527 g/mol. The summed E-state index contributed by atoms with van der Waals surface area (Å²) in [6.45, 7) is 1.96. The van der Waals surface area contributed by atoms with Crippen molar-refractivity contribution in [1.29, 1.82) is 0 Å². The summed E-state index contributed by atoms with van der Waals surface area (Å²) in [5, 5.41) is 3.79. The fraction of sp³-hybridized carbons (Fsp3) is 0.355. The lowest BCUT2D eigenvalue weighted by atomic mass is 10.0. The molecule has 0 unspecified atom stereocenters. The van der Waals surface area contributed by atoms with Gasteiger partial charge in [0, 0.05) is 51.0 Å². The second-order valence-electron chi connectivity index (χ2n) is 10.6. The quantitative estimate of drug-likeness (QED) is 0.257. The number of nitrogen functional groups attached to an aromatic ring is 1. The number of hydrogen-bond acceptors (Lipinski definition) is 5. The molecule has 9 heteroatoms. The molecule has 210 valence electrons. The highest BCUT2D eigenvalue weighted by molar-refractivity contribution is 6.33. The lowest BCUT2D eigenvalue weighted by molar-refractivity contribution is -0.119. The van der Waals surface area contributed by atoms with Crippen LogP contribution >= 0.6 is 11.6 Å². The molecule has 1 saturated heterocycles. The largest absolute Gasteiger partial charge is 0.399 e. The predicted molar refractivity (Wildman–Crippen MR) is 161 cm³/mol. The van der Waals surface area contributed by atoms with Crippen molar-refractivity contribution in [3.05, 3.63) is 82.9 Å². The number of carbonyl (C=O) groups excluding carboxylic acids is 1. The molecule has 3 N–H and O–H groups in total. The molecular formula is C31H36ClFN6O. The molecule has 1 amide bonds. The number of likely N-dealkylation sites (tertiary alicyclic amines) is 1. The number of piperidine rings is 1. The van der Waals surface area contributed by atoms with Crippen molar-refractivity contribution in [1.82, 2.24) is 14.5 Å². The van der Waals surface area contributed by atoms with E-state index in [0.29, 0.717) is 11.6 Å². The minimum atomic E-state index is -0.346. The molecule has 0 radical (unpaired) electrons. The first-order valence-electron chi connectivity index (χ1n) is 13.8. The van der Waals surface area contributed by atoms with Gasteiger partial charge in [-0.05, 0) is 79.8 Å². The average Bonchev–Trinajstić information content (AvgIpc) is 3.26. The topological polar surface area (TPSA) is 79.4 Å². The zero-order valence-corrected chi connectivity index (χ0v) is 23.8. The first kappa shape index (κ1) is 27.9. The number of nitrogens with one attached hydrogen (secondary N) is 1. The number of likely N-dealkylation sites (N-methyl/N-ethyl adjacent to an activating group) is 1. The Hall–Kier alpha value is -3.62. The number of aromatic nitrogens is 2. The number of imidazole rings is 1. The van der Waals surface area contributed by atoms with E-state index in [1.54, 1.807) is 11.0 Å². The number of hydrogen-bond donors (Lipinski definition) is 2. The average molecular weight is 563 g/mol. The third kappa shape index (κ3) is 6.57. The van der Waals surface area contributed by atoms with E-state index < -0.39 is 0 Å². The Balaban J connectivity index is 1.14. The van der Waals surface area contributed by atoms with Gasteiger partial charge in [-0.15, -0.1) is 0 Å². The minimum Gasteiger partial charge on any atom is -0.399 e. The Labute approximate surface area is 239 Å². The van der Waals surface area contributed by atoms with E-state index in [4.69, 9.17) is 22.3 Å². The molecule has 0 atom stereocenters. The zero-order valence-electron chi connectivity index (χ0n) is 23.0. The van der Waals surface area contributed by atoms with E-state index in [1.165, 1.54) is 17.7 Å². The van der Waals surface area contributed by atoms with Gasteiger partial charge in [0.15, 0.2) is 0 Å². The Kier molecular flexibility index (Phi) is 8.57. The number of halogens is 2. The van der Waals surface area contributed by atoms with Gasteiger partial charge in [0.25, 0.3) is 0 Å². The first-order chi connectivity index (χ1) is 19.3. The van der Waals surface area contributed by atoms with Crippen molar-refractivity contribution in [3.63, 3.8) is 0 Å². The molecule has 5 rings (SSSR count). The summed E-state index contributed by atoms with van der Waals surface area (Å²) in [6, 6.07) is 18.7. The molecule has 1 aliphatic heterocycles. The molecule has 1 fully saturated rings. The van der Waals surface area contributed by atoms with E-state index in [0.717, 1.165) is 79.1 Å². The highest BCUT2D eigenvalue weighted by Crippen LogP contribution is 2.26. The monoisotopic (exact) mass is 562 g/mol. The van der Waals surface area contributed by atoms with E-state index in [2.05, 4.69) is 26.9 Å². The lowest BCUT2D eigenvalue weighted by Gasteiger charge is -2.33. The van der Waals surface area contributed by atoms with Crippen molar-refractivity contribution < 1.29 is 9.18 Å². The molecule has 2 heterocycles. The van der Waals surface area contributed by atoms with Crippen LogP contribution < -0.4 is 16.0 Å². The molecule has 3 aromatic carbocycles. The number of nitrogens with two attached hydrogens (primary N) is 1. The van der Waals surface area contributed by atoms with Crippen LogP contribution in [0.4, 0.5) is 21.5 Å². The number of amides is 1. The SMILES string of the molecule is CN(C(=O)CN1CCC(Nc2ccc(F)cc2Cl)CC1)c1ccc2c(c1)nc(CCCc1ccc(N)cc1)n2C. The standard InChI is InChI=1S/C31H36ClFN6O/c1-37(31(40)20-39-16-14-24(15-17-39)35-27-12-8-22(33)18-26(27)32)25-11-13-29-28(19-25)36-30(38(29)2)5-3-4-21-6-9-23(34)10-7-21/h6-13,18-19,24,35H,3-5,14-17,20,34H2,1-2H3. The van der Waals surface area contributed by atoms with Crippen molar-refractivity contribution in [3.8, 4) is 0 Å². The summed E-state index contributed by atoms with van der Waals surface area (Å²) in [7, 11) is 3.87. The molecule has 0 aliphatic carbocycles. The number of carbonyl (C=O) groups is 1. The summed E-state index contributed by atoms with van der Waals surface area (Å²) in [5.74, 6) is 0.739. The number of nitrogens with zero attached hydrogens (tertiary/aromatic N) is 4. The summed E-state index contributed by atoms with van der Waals surface area (Å²) in [4.78, 5) is 21.9. The fourth-order valence-corrected chi connectivity index (χ4v) is 5.53. The van der Waals surface area contributed by atoms with E-state index in [1.807, 2.05) is 44.4 Å². The van der Waals surface area contributed by atoms with Crippen LogP contribution in [0, 0.1) is 5.82 Å². The highest BCUT2D eigenvalue weighted by atomic mass is 35.5. The maximum atomic E-state index is 13.3. The van der Waals surface area contributed by atoms with Gasteiger partial charge in [0.1, 0.15) is 11.6 Å². The van der Waals surface area contributed by atoms with Crippen LogP contribution in [-0.2, 0) is 24.7 Å². The summed E-state index contributed by atoms with van der Waals surface area (Å²) >= 11 is 6.16. The molecule has 7 nitrogen and oxygen atoms in total. The van der Waals surface area contributed by atoms with E-state index >= 15 is 0 Å². The normalized spacial score (nSPS) is 14.5. The first-order valence-corrected chi connectivity index (χ1v) is 14.1. The van der Waals surface area contributed by atoms with Crippen molar-refractivity contribution in [2.45, 2.75) is 38.1 Å². The summed E-state index contributed by atoms with van der Waals surface area (Å²) < 4.78 is 15.5. The van der Waals surface area contributed by atoms with Crippen LogP contribution in [0.1, 0.15) is 30.7 Å². The number of anilines is 3. The third-order valence-electron chi connectivity index (χ3n) is 7.80. The fourth-order valence-electron chi connectivity index (χ4n) is 5.31. The van der Waals surface area contributed by atoms with Gasteiger partial charge in [-0.25, -0.2) is 9.37 Å². The molecule has 0 bridgehead atoms. The Bertz CT molecular complexity index is 1480. The lowest BCUT2D eigenvalue weighted by Crippen LogP contribution is -2.44. The maximum absolute atomic E-state index is 13.3. The summed E-state index contributed by atoms with van der Waals surface area (Å²) in [6.07, 6.45) is 4.60. The van der Waals surface area contributed by atoms with Crippen molar-refractivity contribution in [2.24, 2.45) is 7.05 Å². The molecule has 1 aromatic heterocycles. The van der Waals surface area contributed by atoms with Gasteiger partial charge < -0.3 is 20.5 Å². The minimum absolute atomic E-state index is 0.0481. The maximum Gasteiger partial charge on any atom is 0.240 e. The van der Waals surface area contributed by atoms with Crippen LogP contribution in [0.25, 0.3) is 11.0 Å². The van der Waals surface area contributed by atoms with Gasteiger partial charge in [-0.1, -0.05) is 23.7 Å². The molecule has 0 spiro atoms. The number of fused-ring (bicyclic) bond motifs is 1. The van der Waals surface area contributed by atoms with Gasteiger partial charge in [-0.2, -0.15) is 0 Å². The number of benzene rings is 3. The molecule has 0 saturated carbocycles. The van der Waals surface area contributed by atoms with Crippen LogP contribution in [0.15, 0.2) is 60.7 Å². The van der Waals surface area contributed by atoms with Gasteiger partial charge in [0.05, 0.1) is 28.3 Å². The second-order valence-corrected chi connectivity index (χ2v) is 11.0. The molecule has 1 aliphatic rings. The van der Waals surface area contributed by atoms with Crippen LogP contribution in [-0.4, -0.2) is 53.1 Å². The molecule has 4 aromatic rings. The zero-order chi connectivity index (χ0) is 28.2. The number of aryl methyl sites for hydroxylation is 3. The Morgan fingerprint density at radius 1 is 1.10 bits per heavy atom. The summed E-state index contributed by atoms with van der Waals surface area (Å²) in [5.41, 5.74) is 11.4. The van der Waals surface area contributed by atoms with Gasteiger partial charge in [-0.3, -0.25) is 9.69 Å². The molecule has 40 heavy (non-hydrogen) atoms.